The van der Waals surface area contributed by atoms with Gasteiger partial charge in [0.05, 0.1) is 0 Å². The van der Waals surface area contributed by atoms with Gasteiger partial charge < -0.3 is 9.47 Å². The summed E-state index contributed by atoms with van der Waals surface area (Å²) < 4.78 is 10.9. The molecule has 0 bridgehead atoms. The van der Waals surface area contributed by atoms with Gasteiger partial charge in [-0.2, -0.15) is 0 Å². The Hall–Kier alpha value is -1.51. The Labute approximate surface area is 122 Å². The lowest BCUT2D eigenvalue weighted by molar-refractivity contribution is -0.149. The molecule has 112 valence electrons. The first kappa shape index (κ1) is 16.5. The molecule has 0 radical (unpaired) electrons. The van der Waals surface area contributed by atoms with Gasteiger partial charge in [-0.15, -0.1) is 0 Å². The van der Waals surface area contributed by atoms with E-state index in [4.69, 9.17) is 9.47 Å². The smallest absolute Gasteiger partial charge is 0.306 e. The molecule has 0 spiro atoms. The third-order valence-corrected chi connectivity index (χ3v) is 3.33. The summed E-state index contributed by atoms with van der Waals surface area (Å²) in [5.41, 5.74) is 1.32. The van der Waals surface area contributed by atoms with E-state index in [0.29, 0.717) is 18.9 Å². The molecule has 0 unspecified atom stereocenters. The second-order valence-corrected chi connectivity index (χ2v) is 5.24. The highest BCUT2D eigenvalue weighted by Gasteiger charge is 2.09. The molecule has 0 saturated heterocycles. The summed E-state index contributed by atoms with van der Waals surface area (Å²) >= 11 is 0. The fourth-order valence-corrected chi connectivity index (χ4v) is 1.86. The van der Waals surface area contributed by atoms with Crippen molar-refractivity contribution in [1.82, 2.24) is 0 Å². The molecule has 1 rings (SSSR count). The average Bonchev–Trinajstić information content (AvgIpc) is 2.45. The van der Waals surface area contributed by atoms with E-state index in [2.05, 4.69) is 26.0 Å². The number of carbonyl (C=O) groups is 1. The number of benzene rings is 1. The monoisotopic (exact) mass is 278 g/mol. The maximum atomic E-state index is 11.3. The van der Waals surface area contributed by atoms with E-state index in [0.717, 1.165) is 18.6 Å². The topological polar surface area (TPSA) is 35.5 Å². The van der Waals surface area contributed by atoms with E-state index in [1.54, 1.807) is 0 Å². The largest absolute Gasteiger partial charge is 0.490 e. The van der Waals surface area contributed by atoms with Crippen LogP contribution in [0.15, 0.2) is 24.3 Å². The maximum absolute atomic E-state index is 11.3. The molecule has 1 aromatic rings. The quantitative estimate of drug-likeness (QED) is 0.665. The van der Waals surface area contributed by atoms with Gasteiger partial charge in [0.15, 0.2) is 0 Å². The van der Waals surface area contributed by atoms with E-state index >= 15 is 0 Å². The molecule has 0 fully saturated rings. The van der Waals surface area contributed by atoms with Gasteiger partial charge in [-0.1, -0.05) is 32.9 Å². The highest BCUT2D eigenvalue weighted by atomic mass is 16.6. The summed E-state index contributed by atoms with van der Waals surface area (Å²) in [7, 11) is 0. The summed E-state index contributed by atoms with van der Waals surface area (Å²) in [6.45, 7) is 8.59. The normalized spacial score (nSPS) is 13.6. The number of hydrogen-bond acceptors (Lipinski definition) is 3. The molecular formula is C17H26O3. The molecule has 0 N–H and O–H groups in total. The van der Waals surface area contributed by atoms with Crippen molar-refractivity contribution in [3.63, 3.8) is 0 Å². The fourth-order valence-electron chi connectivity index (χ4n) is 1.86. The summed E-state index contributed by atoms with van der Waals surface area (Å²) in [6, 6.07) is 8.14. The van der Waals surface area contributed by atoms with Crippen LogP contribution in [0.4, 0.5) is 0 Å². The van der Waals surface area contributed by atoms with Crippen LogP contribution in [-0.2, 0) is 9.53 Å². The van der Waals surface area contributed by atoms with Crippen LogP contribution in [0.2, 0.25) is 0 Å². The molecule has 0 aliphatic carbocycles. The van der Waals surface area contributed by atoms with Gasteiger partial charge in [0, 0.05) is 6.42 Å². The minimum Gasteiger partial charge on any atom is -0.490 e. The minimum atomic E-state index is -0.219. The SMILES string of the molecule is CCCC(=O)O[C@@H](C)COc1ccc([C@H](C)CC)cc1. The van der Waals surface area contributed by atoms with Crippen LogP contribution in [0.25, 0.3) is 0 Å². The number of hydrogen-bond donors (Lipinski definition) is 0. The molecule has 0 aliphatic rings. The Kier molecular flexibility index (Phi) is 7.13. The Morgan fingerprint density at radius 3 is 2.35 bits per heavy atom. The van der Waals surface area contributed by atoms with Crippen molar-refractivity contribution in [1.29, 1.82) is 0 Å². The van der Waals surface area contributed by atoms with Crippen molar-refractivity contribution >= 4 is 5.97 Å². The van der Waals surface area contributed by atoms with Crippen LogP contribution < -0.4 is 4.74 Å². The zero-order valence-electron chi connectivity index (χ0n) is 13.0. The van der Waals surface area contributed by atoms with E-state index in [1.807, 2.05) is 26.0 Å². The standard InChI is InChI=1S/C17H26O3/c1-5-7-17(18)20-14(4)12-19-16-10-8-15(9-11-16)13(3)6-2/h8-11,13-14H,5-7,12H2,1-4H3/t13-,14+/m1/s1. The highest BCUT2D eigenvalue weighted by Crippen LogP contribution is 2.21. The summed E-state index contributed by atoms with van der Waals surface area (Å²) in [5.74, 6) is 1.23. The van der Waals surface area contributed by atoms with Crippen LogP contribution in [0.5, 0.6) is 5.75 Å². The fraction of sp³-hybridized carbons (Fsp3) is 0.588. The number of ether oxygens (including phenoxy) is 2. The second-order valence-electron chi connectivity index (χ2n) is 5.24. The molecule has 2 atom stereocenters. The minimum absolute atomic E-state index is 0.157. The van der Waals surface area contributed by atoms with Crippen LogP contribution in [-0.4, -0.2) is 18.7 Å². The van der Waals surface area contributed by atoms with E-state index in [-0.39, 0.29) is 12.1 Å². The second kappa shape index (κ2) is 8.62. The molecule has 0 aromatic heterocycles. The summed E-state index contributed by atoms with van der Waals surface area (Å²) in [5, 5.41) is 0. The molecule has 3 heteroatoms. The van der Waals surface area contributed by atoms with Crippen molar-refractivity contribution in [2.75, 3.05) is 6.61 Å². The molecule has 3 nitrogen and oxygen atoms in total. The van der Waals surface area contributed by atoms with E-state index in [1.165, 1.54) is 5.56 Å². The molecule has 20 heavy (non-hydrogen) atoms. The van der Waals surface area contributed by atoms with Gasteiger partial charge in [0.25, 0.3) is 0 Å². The highest BCUT2D eigenvalue weighted by molar-refractivity contribution is 5.69. The van der Waals surface area contributed by atoms with Gasteiger partial charge in [0.1, 0.15) is 18.5 Å². The Morgan fingerprint density at radius 1 is 1.15 bits per heavy atom. The lowest BCUT2D eigenvalue weighted by atomic mass is 9.99. The molecule has 1 aromatic carbocycles. The van der Waals surface area contributed by atoms with Gasteiger partial charge in [0.2, 0.25) is 0 Å². The lowest BCUT2D eigenvalue weighted by Gasteiger charge is -2.15. The van der Waals surface area contributed by atoms with Crippen LogP contribution in [0.1, 0.15) is 58.4 Å². The average molecular weight is 278 g/mol. The first-order chi connectivity index (χ1) is 9.56. The Bertz CT molecular complexity index is 397. The first-order valence-corrected chi connectivity index (χ1v) is 7.49. The van der Waals surface area contributed by atoms with Gasteiger partial charge in [-0.05, 0) is 43.4 Å². The summed E-state index contributed by atoms with van der Waals surface area (Å²) in [6.07, 6.45) is 2.19. The third-order valence-electron chi connectivity index (χ3n) is 3.33. The number of carbonyl (C=O) groups excluding carboxylic acids is 1. The lowest BCUT2D eigenvalue weighted by Crippen LogP contribution is -2.21. The maximum Gasteiger partial charge on any atom is 0.306 e. The van der Waals surface area contributed by atoms with Crippen molar-refractivity contribution in [2.45, 2.75) is 59.0 Å². The third kappa shape index (κ3) is 5.64. The van der Waals surface area contributed by atoms with Crippen molar-refractivity contribution in [3.05, 3.63) is 29.8 Å². The van der Waals surface area contributed by atoms with Crippen molar-refractivity contribution in [2.24, 2.45) is 0 Å². The van der Waals surface area contributed by atoms with Crippen LogP contribution in [0.3, 0.4) is 0 Å². The number of rotatable bonds is 8. The van der Waals surface area contributed by atoms with E-state index in [9.17, 15) is 4.79 Å². The molecular weight excluding hydrogens is 252 g/mol. The first-order valence-electron chi connectivity index (χ1n) is 7.49. The van der Waals surface area contributed by atoms with Crippen LogP contribution in [0, 0.1) is 0 Å². The summed E-state index contributed by atoms with van der Waals surface area (Å²) in [4.78, 5) is 11.3. The van der Waals surface area contributed by atoms with Gasteiger partial charge >= 0.3 is 5.97 Å². The van der Waals surface area contributed by atoms with Crippen LogP contribution >= 0.6 is 0 Å². The Morgan fingerprint density at radius 2 is 1.80 bits per heavy atom. The molecule has 0 saturated carbocycles. The molecule has 0 amide bonds. The zero-order chi connectivity index (χ0) is 15.0. The van der Waals surface area contributed by atoms with E-state index < -0.39 is 0 Å². The predicted octanol–water partition coefficient (Wildman–Crippen LogP) is 4.31. The van der Waals surface area contributed by atoms with Crippen molar-refractivity contribution < 1.29 is 14.3 Å². The van der Waals surface area contributed by atoms with Gasteiger partial charge in [-0.25, -0.2) is 0 Å². The zero-order valence-corrected chi connectivity index (χ0v) is 13.0. The van der Waals surface area contributed by atoms with Gasteiger partial charge in [-0.3, -0.25) is 4.79 Å². The number of esters is 1. The van der Waals surface area contributed by atoms with Crippen molar-refractivity contribution in [3.8, 4) is 5.75 Å². The Balaban J connectivity index is 2.39. The molecule has 0 aliphatic heterocycles. The predicted molar refractivity (Wildman–Crippen MR) is 81.1 cm³/mol. The molecule has 0 heterocycles.